The molecule has 5 aromatic rings. The third kappa shape index (κ3) is 5.75. The molecule has 226 valence electrons. The lowest BCUT2D eigenvalue weighted by Crippen LogP contribution is -2.39. The van der Waals surface area contributed by atoms with Crippen molar-refractivity contribution >= 4 is 23.4 Å². The van der Waals surface area contributed by atoms with Crippen molar-refractivity contribution in [3.05, 3.63) is 140 Å². The topological polar surface area (TPSA) is 96.9 Å². The van der Waals surface area contributed by atoms with Gasteiger partial charge < -0.3 is 14.2 Å². The molecule has 0 unspecified atom stereocenters. The van der Waals surface area contributed by atoms with Crippen molar-refractivity contribution in [2.24, 2.45) is 4.99 Å². The van der Waals surface area contributed by atoms with Crippen LogP contribution in [0.4, 0.5) is 0 Å². The predicted molar refractivity (Wildman–Crippen MR) is 173 cm³/mol. The van der Waals surface area contributed by atoms with Gasteiger partial charge in [-0.05, 0) is 67.1 Å². The van der Waals surface area contributed by atoms with E-state index in [-0.39, 0.29) is 17.7 Å². The Labute approximate surface area is 263 Å². The summed E-state index contributed by atoms with van der Waals surface area (Å²) in [5.74, 6) is 0.828. The summed E-state index contributed by atoms with van der Waals surface area (Å²) in [4.78, 5) is 32.7. The highest BCUT2D eigenvalue weighted by atomic mass is 32.1. The Hall–Kier alpha value is -5.48. The van der Waals surface area contributed by atoms with Gasteiger partial charge in [-0.3, -0.25) is 9.36 Å². The van der Waals surface area contributed by atoms with Crippen LogP contribution in [0.3, 0.4) is 0 Å². The van der Waals surface area contributed by atoms with Crippen molar-refractivity contribution < 1.29 is 19.0 Å². The number of benzene rings is 3. The van der Waals surface area contributed by atoms with E-state index in [0.29, 0.717) is 26.5 Å². The number of nitrogens with zero attached hydrogens (tertiary/aromatic N) is 4. The first-order valence-electron chi connectivity index (χ1n) is 14.2. The number of fused-ring (bicyclic) bond motifs is 1. The molecule has 10 heteroatoms. The fraction of sp³-hybridized carbons (Fsp3) is 0.143. The number of allylic oxidation sites excluding steroid dienone is 1. The Morgan fingerprint density at radius 3 is 2.29 bits per heavy atom. The minimum absolute atomic E-state index is 0.0366. The van der Waals surface area contributed by atoms with Crippen molar-refractivity contribution in [1.82, 2.24) is 14.3 Å². The number of esters is 1. The summed E-state index contributed by atoms with van der Waals surface area (Å²) >= 11 is 1.26. The summed E-state index contributed by atoms with van der Waals surface area (Å²) in [7, 11) is 3.20. The maximum Gasteiger partial charge on any atom is 0.338 e. The van der Waals surface area contributed by atoms with E-state index in [1.54, 1.807) is 42.5 Å². The summed E-state index contributed by atoms with van der Waals surface area (Å²) in [6, 6.07) is 23.9. The SMILES string of the molecule is C=CCOC(=O)C1=C(C)N=c2s/c(=C/c3cn(-c4ccccc4)nc3-c3ccc(OC)cc3)c(=O)n2[C@@H]1c1ccc(OC)cc1. The second kappa shape index (κ2) is 12.6. The van der Waals surface area contributed by atoms with Crippen molar-refractivity contribution in [2.75, 3.05) is 20.8 Å². The third-order valence-corrected chi connectivity index (χ3v) is 8.40. The van der Waals surface area contributed by atoms with E-state index in [9.17, 15) is 9.59 Å². The van der Waals surface area contributed by atoms with E-state index in [0.717, 1.165) is 28.1 Å². The first-order chi connectivity index (χ1) is 21.9. The number of ether oxygens (including phenoxy) is 3. The molecule has 9 nitrogen and oxygen atoms in total. The number of para-hydroxylation sites is 1. The fourth-order valence-corrected chi connectivity index (χ4v) is 6.25. The van der Waals surface area contributed by atoms with Crippen LogP contribution in [0.15, 0.2) is 119 Å². The molecular weight excluding hydrogens is 588 g/mol. The molecule has 6 rings (SSSR count). The van der Waals surface area contributed by atoms with Gasteiger partial charge in [0, 0.05) is 17.3 Å². The van der Waals surface area contributed by atoms with Crippen LogP contribution in [0.5, 0.6) is 11.5 Å². The molecule has 0 bridgehead atoms. The normalized spacial score (nSPS) is 14.5. The average molecular weight is 619 g/mol. The highest BCUT2D eigenvalue weighted by molar-refractivity contribution is 7.07. The number of methoxy groups -OCH3 is 2. The third-order valence-electron chi connectivity index (χ3n) is 7.42. The van der Waals surface area contributed by atoms with Crippen LogP contribution in [0.2, 0.25) is 0 Å². The number of carbonyl (C=O) groups excluding carboxylic acids is 1. The molecule has 0 radical (unpaired) electrons. The quantitative estimate of drug-likeness (QED) is 0.173. The number of hydrogen-bond donors (Lipinski definition) is 0. The van der Waals surface area contributed by atoms with Gasteiger partial charge in [0.15, 0.2) is 4.80 Å². The van der Waals surface area contributed by atoms with Crippen molar-refractivity contribution in [1.29, 1.82) is 0 Å². The largest absolute Gasteiger partial charge is 0.497 e. The zero-order chi connectivity index (χ0) is 31.5. The van der Waals surface area contributed by atoms with Crippen LogP contribution in [-0.4, -0.2) is 41.1 Å². The number of carbonyl (C=O) groups is 1. The van der Waals surface area contributed by atoms with Gasteiger partial charge in [0.25, 0.3) is 5.56 Å². The van der Waals surface area contributed by atoms with Crippen molar-refractivity contribution in [3.63, 3.8) is 0 Å². The number of hydrogen-bond acceptors (Lipinski definition) is 8. The van der Waals surface area contributed by atoms with Gasteiger partial charge in [-0.25, -0.2) is 14.5 Å². The number of thiazole rings is 1. The number of aromatic nitrogens is 3. The monoisotopic (exact) mass is 618 g/mol. The van der Waals surface area contributed by atoms with Gasteiger partial charge in [0.2, 0.25) is 0 Å². The van der Waals surface area contributed by atoms with Gasteiger partial charge in [0.1, 0.15) is 23.8 Å². The van der Waals surface area contributed by atoms with Gasteiger partial charge in [-0.2, -0.15) is 5.10 Å². The van der Waals surface area contributed by atoms with Crippen LogP contribution < -0.4 is 24.4 Å². The molecule has 0 saturated heterocycles. The lowest BCUT2D eigenvalue weighted by molar-refractivity contribution is -0.138. The molecular formula is C35H30N4O5S. The van der Waals surface area contributed by atoms with Gasteiger partial charge in [0.05, 0.1) is 41.8 Å². The average Bonchev–Trinajstić information content (AvgIpc) is 3.63. The molecule has 1 aliphatic rings. The van der Waals surface area contributed by atoms with Crippen LogP contribution in [0, 0.1) is 0 Å². The molecule has 0 amide bonds. The lowest BCUT2D eigenvalue weighted by Gasteiger charge is -2.24. The van der Waals surface area contributed by atoms with Gasteiger partial charge in [-0.1, -0.05) is 54.3 Å². The summed E-state index contributed by atoms with van der Waals surface area (Å²) in [5, 5.41) is 4.90. The summed E-state index contributed by atoms with van der Waals surface area (Å²) in [6.45, 7) is 5.43. The molecule has 0 saturated carbocycles. The Morgan fingerprint density at radius 2 is 1.64 bits per heavy atom. The van der Waals surface area contributed by atoms with Crippen LogP contribution >= 0.6 is 11.3 Å². The fourth-order valence-electron chi connectivity index (χ4n) is 5.22. The maximum atomic E-state index is 14.2. The highest BCUT2D eigenvalue weighted by Gasteiger charge is 2.33. The maximum absolute atomic E-state index is 14.2. The molecule has 3 aromatic carbocycles. The first kappa shape index (κ1) is 29.6. The first-order valence-corrected chi connectivity index (χ1v) is 15.0. The number of rotatable bonds is 9. The minimum atomic E-state index is -0.750. The van der Waals surface area contributed by atoms with Crippen LogP contribution in [-0.2, 0) is 9.53 Å². The summed E-state index contributed by atoms with van der Waals surface area (Å²) < 4.78 is 19.9. The smallest absolute Gasteiger partial charge is 0.338 e. The van der Waals surface area contributed by atoms with E-state index in [2.05, 4.69) is 6.58 Å². The van der Waals surface area contributed by atoms with Gasteiger partial charge >= 0.3 is 5.97 Å². The predicted octanol–water partition coefficient (Wildman–Crippen LogP) is 4.83. The van der Waals surface area contributed by atoms with E-state index < -0.39 is 12.0 Å². The molecule has 1 atom stereocenters. The molecule has 45 heavy (non-hydrogen) atoms. The Kier molecular flexibility index (Phi) is 8.30. The molecule has 1 aliphatic heterocycles. The Morgan fingerprint density at radius 1 is 0.978 bits per heavy atom. The zero-order valence-corrected chi connectivity index (χ0v) is 25.8. The van der Waals surface area contributed by atoms with E-state index in [4.69, 9.17) is 24.3 Å². The second-order valence-corrected chi connectivity index (χ2v) is 11.2. The molecule has 0 fully saturated rings. The van der Waals surface area contributed by atoms with Crippen LogP contribution in [0.25, 0.3) is 23.0 Å². The van der Waals surface area contributed by atoms with E-state index in [1.165, 1.54) is 17.4 Å². The molecule has 2 aromatic heterocycles. The van der Waals surface area contributed by atoms with Crippen molar-refractivity contribution in [2.45, 2.75) is 13.0 Å². The molecule has 0 spiro atoms. The summed E-state index contributed by atoms with van der Waals surface area (Å²) in [6.07, 6.45) is 5.23. The Bertz CT molecular complexity index is 2090. The van der Waals surface area contributed by atoms with E-state index in [1.807, 2.05) is 79.0 Å². The summed E-state index contributed by atoms with van der Waals surface area (Å²) in [5.41, 5.74) is 4.40. The van der Waals surface area contributed by atoms with Crippen LogP contribution in [0.1, 0.15) is 24.1 Å². The minimum Gasteiger partial charge on any atom is -0.497 e. The second-order valence-electron chi connectivity index (χ2n) is 10.2. The standard InChI is InChI=1S/C35H30N4O5S/c1-5-19-44-34(41)30-22(2)36-35-39(32(30)24-13-17-28(43-4)18-14-24)33(40)29(45-35)20-25-21-38(26-9-7-6-8-10-26)37-31(25)23-11-15-27(42-3)16-12-23/h5-18,20-21,32H,1,19H2,2-4H3/b29-20+/t32-/m1/s1. The highest BCUT2D eigenvalue weighted by Crippen LogP contribution is 2.32. The molecule has 0 N–H and O–H groups in total. The Balaban J connectivity index is 1.53. The molecule has 0 aliphatic carbocycles. The van der Waals surface area contributed by atoms with Crippen molar-refractivity contribution in [3.8, 4) is 28.4 Å². The zero-order valence-electron chi connectivity index (χ0n) is 25.0. The van der Waals surface area contributed by atoms with E-state index >= 15 is 0 Å². The lowest BCUT2D eigenvalue weighted by atomic mass is 9.96. The van der Waals surface area contributed by atoms with Gasteiger partial charge in [-0.15, -0.1) is 0 Å². The molecule has 3 heterocycles.